The van der Waals surface area contributed by atoms with Crippen LogP contribution in [0.15, 0.2) is 28.9 Å². The first-order valence-corrected chi connectivity index (χ1v) is 8.14. The first-order chi connectivity index (χ1) is 10.1. The summed E-state index contributed by atoms with van der Waals surface area (Å²) in [6, 6.07) is 4.68. The number of aromatic nitrogens is 2. The molecule has 3 nitrogen and oxygen atoms in total. The number of halogens is 3. The molecular weight excluding hydrogens is 357 g/mol. The maximum absolute atomic E-state index is 13.7. The van der Waals surface area contributed by atoms with Crippen LogP contribution in [0.5, 0.6) is 0 Å². The van der Waals surface area contributed by atoms with Crippen molar-refractivity contribution in [3.8, 4) is 0 Å². The standard InChI is InChI=1S/C15H18BrClFN3/c1-3-5-21-15(13(17)9-20-21)14(19-4-2)10-6-11(16)8-12(18)7-10/h6-9,14,19H,3-5H2,1-2H3. The topological polar surface area (TPSA) is 29.9 Å². The molecule has 0 fully saturated rings. The van der Waals surface area contributed by atoms with Crippen molar-refractivity contribution < 1.29 is 4.39 Å². The average molecular weight is 375 g/mol. The van der Waals surface area contributed by atoms with E-state index in [1.54, 1.807) is 6.20 Å². The summed E-state index contributed by atoms with van der Waals surface area (Å²) >= 11 is 9.65. The first kappa shape index (κ1) is 16.5. The Morgan fingerprint density at radius 2 is 2.14 bits per heavy atom. The predicted octanol–water partition coefficient (Wildman–Crippen LogP) is 4.55. The molecule has 0 aliphatic carbocycles. The smallest absolute Gasteiger partial charge is 0.124 e. The minimum atomic E-state index is -0.278. The van der Waals surface area contributed by atoms with Gasteiger partial charge in [0.15, 0.2) is 0 Å². The van der Waals surface area contributed by atoms with Gasteiger partial charge in [-0.1, -0.05) is 41.4 Å². The first-order valence-electron chi connectivity index (χ1n) is 6.97. The molecule has 1 aromatic carbocycles. The molecule has 1 aromatic heterocycles. The number of benzene rings is 1. The molecule has 0 saturated carbocycles. The van der Waals surface area contributed by atoms with Crippen LogP contribution in [0.3, 0.4) is 0 Å². The Kier molecular flexibility index (Phi) is 5.79. The lowest BCUT2D eigenvalue weighted by atomic mass is 10.0. The maximum Gasteiger partial charge on any atom is 0.124 e. The van der Waals surface area contributed by atoms with Gasteiger partial charge in [-0.25, -0.2) is 4.39 Å². The van der Waals surface area contributed by atoms with Gasteiger partial charge in [-0.15, -0.1) is 0 Å². The zero-order valence-electron chi connectivity index (χ0n) is 12.0. The molecule has 21 heavy (non-hydrogen) atoms. The van der Waals surface area contributed by atoms with Gasteiger partial charge < -0.3 is 5.32 Å². The van der Waals surface area contributed by atoms with Crippen molar-refractivity contribution in [2.24, 2.45) is 0 Å². The molecule has 114 valence electrons. The quantitative estimate of drug-likeness (QED) is 0.804. The van der Waals surface area contributed by atoms with Gasteiger partial charge in [-0.2, -0.15) is 5.10 Å². The molecule has 0 amide bonds. The van der Waals surface area contributed by atoms with Crippen LogP contribution in [0.2, 0.25) is 5.02 Å². The minimum Gasteiger partial charge on any atom is -0.305 e. The van der Waals surface area contributed by atoms with Gasteiger partial charge in [0.25, 0.3) is 0 Å². The molecule has 0 aliphatic heterocycles. The largest absolute Gasteiger partial charge is 0.305 e. The molecule has 2 rings (SSSR count). The molecule has 2 aromatic rings. The molecule has 0 spiro atoms. The Balaban J connectivity index is 2.50. The van der Waals surface area contributed by atoms with Crippen LogP contribution in [0.1, 0.15) is 37.6 Å². The van der Waals surface area contributed by atoms with Crippen LogP contribution in [-0.4, -0.2) is 16.3 Å². The van der Waals surface area contributed by atoms with Gasteiger partial charge in [0.2, 0.25) is 0 Å². The third kappa shape index (κ3) is 3.84. The van der Waals surface area contributed by atoms with Gasteiger partial charge in [0.1, 0.15) is 5.82 Å². The number of rotatable bonds is 6. The Morgan fingerprint density at radius 3 is 2.76 bits per heavy atom. The van der Waals surface area contributed by atoms with E-state index in [2.05, 4.69) is 33.3 Å². The average Bonchev–Trinajstić information content (AvgIpc) is 2.77. The molecule has 0 radical (unpaired) electrons. The van der Waals surface area contributed by atoms with Gasteiger partial charge in [0, 0.05) is 11.0 Å². The van der Waals surface area contributed by atoms with Crippen molar-refractivity contribution in [3.05, 3.63) is 51.0 Å². The van der Waals surface area contributed by atoms with Crippen molar-refractivity contribution in [2.45, 2.75) is 32.9 Å². The van der Waals surface area contributed by atoms with E-state index in [9.17, 15) is 4.39 Å². The van der Waals surface area contributed by atoms with Crippen LogP contribution in [0.25, 0.3) is 0 Å². The van der Waals surface area contributed by atoms with Crippen molar-refractivity contribution >= 4 is 27.5 Å². The van der Waals surface area contributed by atoms with E-state index >= 15 is 0 Å². The molecule has 1 atom stereocenters. The molecular formula is C15H18BrClFN3. The van der Waals surface area contributed by atoms with E-state index in [1.807, 2.05) is 17.7 Å². The third-order valence-electron chi connectivity index (χ3n) is 3.17. The molecule has 1 unspecified atom stereocenters. The van der Waals surface area contributed by atoms with E-state index in [4.69, 9.17) is 11.6 Å². The lowest BCUT2D eigenvalue weighted by Gasteiger charge is -2.21. The minimum absolute atomic E-state index is 0.191. The Hall–Kier alpha value is -0.910. The second-order valence-electron chi connectivity index (χ2n) is 4.79. The zero-order valence-corrected chi connectivity index (χ0v) is 14.4. The summed E-state index contributed by atoms with van der Waals surface area (Å²) in [5, 5.41) is 8.27. The Labute approximate surface area is 137 Å². The summed E-state index contributed by atoms with van der Waals surface area (Å²) in [5.41, 5.74) is 1.70. The lowest BCUT2D eigenvalue weighted by Crippen LogP contribution is -2.25. The van der Waals surface area contributed by atoms with Gasteiger partial charge in [-0.3, -0.25) is 4.68 Å². The number of aryl methyl sites for hydroxylation is 1. The maximum atomic E-state index is 13.7. The van der Waals surface area contributed by atoms with Crippen LogP contribution in [0, 0.1) is 5.82 Å². The van der Waals surface area contributed by atoms with Crippen molar-refractivity contribution in [1.29, 1.82) is 0 Å². The second kappa shape index (κ2) is 7.38. The second-order valence-corrected chi connectivity index (χ2v) is 6.12. The fourth-order valence-corrected chi connectivity index (χ4v) is 3.10. The molecule has 1 heterocycles. The molecule has 6 heteroatoms. The summed E-state index contributed by atoms with van der Waals surface area (Å²) < 4.78 is 16.3. The predicted molar refractivity (Wildman–Crippen MR) is 87.1 cm³/mol. The highest BCUT2D eigenvalue weighted by Gasteiger charge is 2.22. The van der Waals surface area contributed by atoms with Crippen LogP contribution in [-0.2, 0) is 6.54 Å². The van der Waals surface area contributed by atoms with E-state index in [0.29, 0.717) is 9.50 Å². The van der Waals surface area contributed by atoms with E-state index in [-0.39, 0.29) is 11.9 Å². The number of nitrogens with zero attached hydrogens (tertiary/aromatic N) is 2. The highest BCUT2D eigenvalue weighted by molar-refractivity contribution is 9.10. The van der Waals surface area contributed by atoms with Gasteiger partial charge in [0.05, 0.1) is 23.0 Å². The highest BCUT2D eigenvalue weighted by atomic mass is 79.9. The van der Waals surface area contributed by atoms with E-state index in [1.165, 1.54) is 12.1 Å². The zero-order chi connectivity index (χ0) is 15.4. The molecule has 0 saturated heterocycles. The van der Waals surface area contributed by atoms with Gasteiger partial charge >= 0.3 is 0 Å². The fraction of sp³-hybridized carbons (Fsp3) is 0.400. The van der Waals surface area contributed by atoms with Gasteiger partial charge in [-0.05, 0) is 36.7 Å². The molecule has 0 bridgehead atoms. The fourth-order valence-electron chi connectivity index (χ4n) is 2.37. The molecule has 0 aliphatic rings. The summed E-state index contributed by atoms with van der Waals surface area (Å²) in [4.78, 5) is 0. The highest BCUT2D eigenvalue weighted by Crippen LogP contribution is 2.30. The normalized spacial score (nSPS) is 12.6. The Bertz CT molecular complexity index is 595. The Morgan fingerprint density at radius 1 is 1.38 bits per heavy atom. The van der Waals surface area contributed by atoms with E-state index in [0.717, 1.165) is 30.8 Å². The lowest BCUT2D eigenvalue weighted by molar-refractivity contribution is 0.518. The molecule has 1 N–H and O–H groups in total. The van der Waals surface area contributed by atoms with Crippen LogP contribution in [0.4, 0.5) is 4.39 Å². The number of hydrogen-bond donors (Lipinski definition) is 1. The SMILES string of the molecule is CCCn1ncc(Cl)c1C(NCC)c1cc(F)cc(Br)c1. The third-order valence-corrected chi connectivity index (χ3v) is 3.92. The van der Waals surface area contributed by atoms with Crippen molar-refractivity contribution in [2.75, 3.05) is 6.54 Å². The monoisotopic (exact) mass is 373 g/mol. The number of hydrogen-bond acceptors (Lipinski definition) is 2. The summed E-state index contributed by atoms with van der Waals surface area (Å²) in [7, 11) is 0. The number of nitrogens with one attached hydrogen (secondary N) is 1. The van der Waals surface area contributed by atoms with E-state index < -0.39 is 0 Å². The summed E-state index contributed by atoms with van der Waals surface area (Å²) in [6.45, 7) is 5.61. The summed E-state index contributed by atoms with van der Waals surface area (Å²) in [5.74, 6) is -0.278. The van der Waals surface area contributed by atoms with Crippen molar-refractivity contribution in [3.63, 3.8) is 0 Å². The van der Waals surface area contributed by atoms with Crippen LogP contribution < -0.4 is 5.32 Å². The van der Waals surface area contributed by atoms with Crippen molar-refractivity contribution in [1.82, 2.24) is 15.1 Å². The van der Waals surface area contributed by atoms with Crippen LogP contribution >= 0.6 is 27.5 Å². The summed E-state index contributed by atoms with van der Waals surface area (Å²) in [6.07, 6.45) is 2.60.